The molecule has 4 heteroatoms. The summed E-state index contributed by atoms with van der Waals surface area (Å²) in [6, 6.07) is 5.74. The Morgan fingerprint density at radius 2 is 1.67 bits per heavy atom. The van der Waals surface area contributed by atoms with Crippen molar-refractivity contribution in [3.63, 3.8) is 0 Å². The third-order valence-electron chi connectivity index (χ3n) is 1.57. The van der Waals surface area contributed by atoms with Crippen molar-refractivity contribution in [1.82, 2.24) is 0 Å². The van der Waals surface area contributed by atoms with E-state index in [9.17, 15) is 13.2 Å². The van der Waals surface area contributed by atoms with Crippen molar-refractivity contribution in [2.75, 3.05) is 0 Å². The molecule has 0 atom stereocenters. The maximum atomic E-state index is 11.8. The topological polar surface area (TPSA) is 9.23 Å². The number of alkyl halides is 3. The van der Waals surface area contributed by atoms with Gasteiger partial charge in [0, 0.05) is 0 Å². The predicted octanol–water partition coefficient (Wildman–Crippen LogP) is 4.01. The van der Waals surface area contributed by atoms with Gasteiger partial charge in [-0.15, -0.1) is 13.2 Å². The van der Waals surface area contributed by atoms with Gasteiger partial charge in [0.1, 0.15) is 5.75 Å². The summed E-state index contributed by atoms with van der Waals surface area (Å²) in [6.07, 6.45) is -2.75. The molecule has 0 saturated heterocycles. The summed E-state index contributed by atoms with van der Waals surface area (Å²) in [4.78, 5) is 0. The fourth-order valence-electron chi connectivity index (χ4n) is 1.10. The Hall–Kier alpha value is -1.45. The summed E-state index contributed by atoms with van der Waals surface area (Å²) in [5.74, 6) is -0.201. The van der Waals surface area contributed by atoms with Gasteiger partial charge in [-0.3, -0.25) is 0 Å². The van der Waals surface area contributed by atoms with Gasteiger partial charge in [0.2, 0.25) is 0 Å². The molecule has 0 aliphatic carbocycles. The predicted molar refractivity (Wildman–Crippen MR) is 52.5 cm³/mol. The molecule has 1 aromatic rings. The lowest BCUT2D eigenvalue weighted by Crippen LogP contribution is -2.16. The largest absolute Gasteiger partial charge is 0.573 e. The Kier molecular flexibility index (Phi) is 3.39. The van der Waals surface area contributed by atoms with Gasteiger partial charge < -0.3 is 4.74 Å². The second kappa shape index (κ2) is 4.38. The molecule has 1 nitrogen and oxygen atoms in total. The molecule has 0 N–H and O–H groups in total. The van der Waals surface area contributed by atoms with Crippen LogP contribution in [0.4, 0.5) is 13.2 Å². The SMILES string of the molecule is CC(C)=Cc1ccc(OC(F)(F)F)cc1. The number of halogens is 3. The maximum Gasteiger partial charge on any atom is 0.573 e. The molecule has 0 saturated carbocycles. The third-order valence-corrected chi connectivity index (χ3v) is 1.57. The molecule has 0 aliphatic heterocycles. The molecule has 1 rings (SSSR count). The summed E-state index contributed by atoms with van der Waals surface area (Å²) >= 11 is 0. The van der Waals surface area contributed by atoms with Crippen LogP contribution >= 0.6 is 0 Å². The smallest absolute Gasteiger partial charge is 0.406 e. The van der Waals surface area contributed by atoms with Crippen molar-refractivity contribution < 1.29 is 17.9 Å². The minimum absolute atomic E-state index is 0.201. The zero-order valence-corrected chi connectivity index (χ0v) is 8.43. The molecule has 0 amide bonds. The van der Waals surface area contributed by atoms with Crippen LogP contribution in [0.25, 0.3) is 6.08 Å². The number of allylic oxidation sites excluding steroid dienone is 1. The van der Waals surface area contributed by atoms with Gasteiger partial charge >= 0.3 is 6.36 Å². The van der Waals surface area contributed by atoms with Gasteiger partial charge in [0.15, 0.2) is 0 Å². The first-order valence-electron chi connectivity index (χ1n) is 4.37. The normalized spacial score (nSPS) is 11.0. The quantitative estimate of drug-likeness (QED) is 0.725. The number of benzene rings is 1. The summed E-state index contributed by atoms with van der Waals surface area (Å²) in [7, 11) is 0. The average Bonchev–Trinajstić information content (AvgIpc) is 2.05. The Morgan fingerprint density at radius 3 is 2.07 bits per heavy atom. The van der Waals surface area contributed by atoms with Crippen molar-refractivity contribution >= 4 is 6.08 Å². The van der Waals surface area contributed by atoms with Crippen molar-refractivity contribution in [2.45, 2.75) is 20.2 Å². The van der Waals surface area contributed by atoms with Crippen molar-refractivity contribution in [1.29, 1.82) is 0 Å². The maximum absolute atomic E-state index is 11.8. The van der Waals surface area contributed by atoms with Crippen LogP contribution in [0.2, 0.25) is 0 Å². The lowest BCUT2D eigenvalue weighted by atomic mass is 10.1. The minimum atomic E-state index is -4.63. The van der Waals surface area contributed by atoms with E-state index in [4.69, 9.17) is 0 Å². The van der Waals surface area contributed by atoms with Crippen LogP contribution in [0.15, 0.2) is 29.8 Å². The molecule has 15 heavy (non-hydrogen) atoms. The monoisotopic (exact) mass is 216 g/mol. The molecule has 1 aromatic carbocycles. The third kappa shape index (κ3) is 4.54. The average molecular weight is 216 g/mol. The Balaban J connectivity index is 2.77. The van der Waals surface area contributed by atoms with Gasteiger partial charge in [-0.2, -0.15) is 0 Å². The molecular formula is C11H11F3O. The number of hydrogen-bond donors (Lipinski definition) is 0. The Bertz CT molecular complexity index is 345. The Morgan fingerprint density at radius 1 is 1.13 bits per heavy atom. The van der Waals surface area contributed by atoms with Crippen LogP contribution < -0.4 is 4.74 Å². The molecule has 0 radical (unpaired) electrons. The number of rotatable bonds is 2. The summed E-state index contributed by atoms with van der Waals surface area (Å²) < 4.78 is 39.2. The first-order chi connectivity index (χ1) is 6.87. The van der Waals surface area contributed by atoms with Crippen LogP contribution in [0, 0.1) is 0 Å². The molecule has 0 heterocycles. The molecule has 0 unspecified atom stereocenters. The van der Waals surface area contributed by atoms with Gasteiger partial charge in [0.05, 0.1) is 0 Å². The van der Waals surface area contributed by atoms with Crippen LogP contribution in [-0.2, 0) is 0 Å². The lowest BCUT2D eigenvalue weighted by Gasteiger charge is -2.08. The van der Waals surface area contributed by atoms with E-state index in [-0.39, 0.29) is 5.75 Å². The van der Waals surface area contributed by atoms with Crippen molar-refractivity contribution in [2.24, 2.45) is 0 Å². The number of hydrogen-bond acceptors (Lipinski definition) is 1. The molecule has 0 bridgehead atoms. The summed E-state index contributed by atoms with van der Waals surface area (Å²) in [6.45, 7) is 3.83. The fraction of sp³-hybridized carbons (Fsp3) is 0.273. The zero-order valence-electron chi connectivity index (χ0n) is 8.43. The van der Waals surface area contributed by atoms with E-state index in [0.29, 0.717) is 0 Å². The van der Waals surface area contributed by atoms with Crippen LogP contribution in [0.3, 0.4) is 0 Å². The zero-order chi connectivity index (χ0) is 11.5. The highest BCUT2D eigenvalue weighted by Gasteiger charge is 2.30. The van der Waals surface area contributed by atoms with Crippen molar-refractivity contribution in [3.8, 4) is 5.75 Å². The minimum Gasteiger partial charge on any atom is -0.406 e. The van der Waals surface area contributed by atoms with Crippen LogP contribution in [0.1, 0.15) is 19.4 Å². The molecular weight excluding hydrogens is 205 g/mol. The second-order valence-electron chi connectivity index (χ2n) is 3.34. The van der Waals surface area contributed by atoms with Gasteiger partial charge in [0.25, 0.3) is 0 Å². The highest BCUT2D eigenvalue weighted by atomic mass is 19.4. The van der Waals surface area contributed by atoms with Crippen LogP contribution in [0.5, 0.6) is 5.75 Å². The van der Waals surface area contributed by atoms with Gasteiger partial charge in [-0.25, -0.2) is 0 Å². The molecule has 82 valence electrons. The van der Waals surface area contributed by atoms with Gasteiger partial charge in [-0.1, -0.05) is 23.8 Å². The summed E-state index contributed by atoms with van der Waals surface area (Å²) in [5.41, 5.74) is 1.93. The van der Waals surface area contributed by atoms with E-state index >= 15 is 0 Å². The van der Waals surface area contributed by atoms with E-state index in [0.717, 1.165) is 11.1 Å². The lowest BCUT2D eigenvalue weighted by molar-refractivity contribution is -0.274. The van der Waals surface area contributed by atoms with E-state index in [1.807, 2.05) is 19.9 Å². The standard InChI is InChI=1S/C11H11F3O/c1-8(2)7-9-3-5-10(6-4-9)15-11(12,13)14/h3-7H,1-2H3. The fourth-order valence-corrected chi connectivity index (χ4v) is 1.10. The molecule has 0 fully saturated rings. The molecule has 0 aromatic heterocycles. The highest BCUT2D eigenvalue weighted by molar-refractivity contribution is 5.52. The van der Waals surface area contributed by atoms with E-state index in [1.54, 1.807) is 12.1 Å². The van der Waals surface area contributed by atoms with Crippen molar-refractivity contribution in [3.05, 3.63) is 35.4 Å². The van der Waals surface area contributed by atoms with Crippen LogP contribution in [-0.4, -0.2) is 6.36 Å². The Labute approximate surface area is 86.2 Å². The number of ether oxygens (including phenoxy) is 1. The first-order valence-corrected chi connectivity index (χ1v) is 4.37. The van der Waals surface area contributed by atoms with E-state index < -0.39 is 6.36 Å². The summed E-state index contributed by atoms with van der Waals surface area (Å²) in [5, 5.41) is 0. The second-order valence-corrected chi connectivity index (χ2v) is 3.34. The van der Waals surface area contributed by atoms with Gasteiger partial charge in [-0.05, 0) is 31.5 Å². The highest BCUT2D eigenvalue weighted by Crippen LogP contribution is 2.23. The van der Waals surface area contributed by atoms with E-state index in [1.165, 1.54) is 12.1 Å². The molecule has 0 spiro atoms. The molecule has 0 aliphatic rings. The first kappa shape index (κ1) is 11.6. The van der Waals surface area contributed by atoms with E-state index in [2.05, 4.69) is 4.74 Å².